The van der Waals surface area contributed by atoms with Gasteiger partial charge in [0.25, 0.3) is 5.95 Å². The van der Waals surface area contributed by atoms with Crippen LogP contribution in [0.15, 0.2) is 48.7 Å². The van der Waals surface area contributed by atoms with Crippen molar-refractivity contribution in [1.29, 1.82) is 0 Å². The molecule has 0 bridgehead atoms. The maximum Gasteiger partial charge on any atom is 0.253 e. The first kappa shape index (κ1) is 18.7. The molecule has 2 aromatic carbocycles. The first-order chi connectivity index (χ1) is 14.7. The number of aliphatic hydroxyl groups is 1. The van der Waals surface area contributed by atoms with Gasteiger partial charge in [0.1, 0.15) is 11.6 Å². The Bertz CT molecular complexity index is 1220. The average Bonchev–Trinajstić information content (AvgIpc) is 3.21. The smallest absolute Gasteiger partial charge is 0.253 e. The Kier molecular flexibility index (Phi) is 4.86. The van der Waals surface area contributed by atoms with Gasteiger partial charge >= 0.3 is 0 Å². The van der Waals surface area contributed by atoms with Crippen LogP contribution in [0.3, 0.4) is 0 Å². The number of benzene rings is 2. The lowest BCUT2D eigenvalue weighted by Crippen LogP contribution is -2.19. The number of hydrogen-bond acceptors (Lipinski definition) is 6. The molecule has 0 saturated heterocycles. The van der Waals surface area contributed by atoms with Crippen LogP contribution in [0.25, 0.3) is 16.9 Å². The molecule has 0 unspecified atom stereocenters. The van der Waals surface area contributed by atoms with Crippen molar-refractivity contribution in [3.05, 3.63) is 76.9 Å². The number of halogens is 1. The van der Waals surface area contributed by atoms with Crippen LogP contribution in [0.2, 0.25) is 0 Å². The maximum absolute atomic E-state index is 13.5. The fraction of sp³-hybridized carbons (Fsp3) is 0.227. The van der Waals surface area contributed by atoms with Crippen molar-refractivity contribution in [3.8, 4) is 5.95 Å². The summed E-state index contributed by atoms with van der Waals surface area (Å²) in [7, 11) is 0. The Morgan fingerprint density at radius 1 is 1.17 bits per heavy atom. The summed E-state index contributed by atoms with van der Waals surface area (Å²) >= 11 is 0. The number of ether oxygens (including phenoxy) is 1. The molecule has 2 N–H and O–H groups in total. The van der Waals surface area contributed by atoms with E-state index in [0.29, 0.717) is 37.9 Å². The van der Waals surface area contributed by atoms with Crippen molar-refractivity contribution in [2.45, 2.75) is 26.2 Å². The van der Waals surface area contributed by atoms with Crippen LogP contribution in [0.1, 0.15) is 22.4 Å². The second-order valence-corrected chi connectivity index (χ2v) is 7.15. The molecule has 2 aromatic heterocycles. The van der Waals surface area contributed by atoms with E-state index in [1.165, 1.54) is 12.1 Å². The summed E-state index contributed by atoms with van der Waals surface area (Å²) in [4.78, 5) is 9.45. The van der Waals surface area contributed by atoms with Gasteiger partial charge in [-0.25, -0.2) is 9.37 Å². The molecule has 0 saturated carbocycles. The van der Waals surface area contributed by atoms with E-state index in [1.807, 2.05) is 24.3 Å². The van der Waals surface area contributed by atoms with E-state index in [2.05, 4.69) is 10.4 Å². The van der Waals surface area contributed by atoms with Gasteiger partial charge in [-0.05, 0) is 29.3 Å². The number of aliphatic hydroxyl groups excluding tert-OH is 1. The van der Waals surface area contributed by atoms with E-state index in [-0.39, 0.29) is 12.4 Å². The fourth-order valence-corrected chi connectivity index (χ4v) is 3.70. The highest BCUT2D eigenvalue weighted by Crippen LogP contribution is 2.26. The maximum atomic E-state index is 13.5. The van der Waals surface area contributed by atoms with Crippen molar-refractivity contribution in [2.75, 3.05) is 11.9 Å². The van der Waals surface area contributed by atoms with Crippen LogP contribution in [0.5, 0.6) is 0 Å². The van der Waals surface area contributed by atoms with Crippen LogP contribution in [0.4, 0.5) is 10.2 Å². The quantitative estimate of drug-likeness (QED) is 0.531. The van der Waals surface area contributed by atoms with E-state index >= 15 is 0 Å². The minimum Gasteiger partial charge on any atom is -0.392 e. The molecule has 5 rings (SSSR count). The van der Waals surface area contributed by atoms with E-state index in [9.17, 15) is 9.50 Å². The molecule has 0 fully saturated rings. The number of aromatic nitrogens is 4. The van der Waals surface area contributed by atoms with Gasteiger partial charge in [0.05, 0.1) is 37.2 Å². The molecule has 0 amide bonds. The normalized spacial score (nSPS) is 13.4. The summed E-state index contributed by atoms with van der Waals surface area (Å²) in [6.45, 7) is 1.39. The van der Waals surface area contributed by atoms with Gasteiger partial charge < -0.3 is 15.2 Å². The van der Waals surface area contributed by atoms with Crippen LogP contribution >= 0.6 is 0 Å². The fourth-order valence-electron chi connectivity index (χ4n) is 3.70. The lowest BCUT2D eigenvalue weighted by atomic mass is 10.1. The second kappa shape index (κ2) is 7.81. The third kappa shape index (κ3) is 3.40. The predicted octanol–water partition coefficient (Wildman–Crippen LogP) is 3.13. The summed E-state index contributed by atoms with van der Waals surface area (Å²) in [5.41, 5.74) is 4.26. The van der Waals surface area contributed by atoms with E-state index < -0.39 is 0 Å². The molecule has 3 heterocycles. The predicted molar refractivity (Wildman–Crippen MR) is 110 cm³/mol. The number of rotatable bonds is 5. The number of hydrogen-bond donors (Lipinski definition) is 2. The Hall–Kier alpha value is -3.36. The van der Waals surface area contributed by atoms with Gasteiger partial charge in [-0.2, -0.15) is 14.8 Å². The summed E-state index contributed by atoms with van der Waals surface area (Å²) in [6, 6.07) is 12.1. The highest BCUT2D eigenvalue weighted by atomic mass is 19.1. The number of anilines is 1. The van der Waals surface area contributed by atoms with Gasteiger partial charge in [0.2, 0.25) is 0 Å². The Labute approximate surface area is 172 Å². The zero-order chi connectivity index (χ0) is 20.5. The van der Waals surface area contributed by atoms with Crippen molar-refractivity contribution >= 4 is 16.7 Å². The van der Waals surface area contributed by atoms with Crippen molar-refractivity contribution in [2.24, 2.45) is 0 Å². The van der Waals surface area contributed by atoms with Crippen molar-refractivity contribution < 1.29 is 14.2 Å². The molecule has 0 aliphatic carbocycles. The highest BCUT2D eigenvalue weighted by Gasteiger charge is 2.20. The second-order valence-electron chi connectivity index (χ2n) is 7.15. The zero-order valence-electron chi connectivity index (χ0n) is 16.2. The topological polar surface area (TPSA) is 85.1 Å². The zero-order valence-corrected chi connectivity index (χ0v) is 16.2. The molecule has 8 heteroatoms. The lowest BCUT2D eigenvalue weighted by Gasteiger charge is -2.20. The monoisotopic (exact) mass is 405 g/mol. The van der Waals surface area contributed by atoms with Gasteiger partial charge in [0.15, 0.2) is 0 Å². The van der Waals surface area contributed by atoms with E-state index in [0.717, 1.165) is 33.3 Å². The first-order valence-corrected chi connectivity index (χ1v) is 9.75. The van der Waals surface area contributed by atoms with Crippen LogP contribution < -0.4 is 5.32 Å². The molecule has 1 aliphatic heterocycles. The molecule has 4 aromatic rings. The molecular weight excluding hydrogens is 385 g/mol. The lowest BCUT2D eigenvalue weighted by molar-refractivity contribution is 0.109. The number of nitrogens with one attached hydrogen (secondary N) is 1. The molecular formula is C22H20FN5O2. The minimum absolute atomic E-state index is 0.0636. The van der Waals surface area contributed by atoms with E-state index in [1.54, 1.807) is 16.9 Å². The van der Waals surface area contributed by atoms with Gasteiger partial charge in [-0.15, -0.1) is 0 Å². The number of fused-ring (bicyclic) bond motifs is 2. The SMILES string of the molecule is OCc1cccc2c1cnn2-c1nc2c(c(NCc3cccc(F)c3)n1)COCC2. The third-order valence-corrected chi connectivity index (χ3v) is 5.22. The van der Waals surface area contributed by atoms with Crippen LogP contribution in [-0.4, -0.2) is 31.5 Å². The minimum atomic E-state index is -0.272. The largest absolute Gasteiger partial charge is 0.392 e. The van der Waals surface area contributed by atoms with Gasteiger partial charge in [-0.3, -0.25) is 0 Å². The summed E-state index contributed by atoms with van der Waals surface area (Å²) < 4.78 is 20.8. The summed E-state index contributed by atoms with van der Waals surface area (Å²) in [6.07, 6.45) is 2.40. The molecule has 152 valence electrons. The van der Waals surface area contributed by atoms with Crippen molar-refractivity contribution in [3.63, 3.8) is 0 Å². The Morgan fingerprint density at radius 2 is 2.07 bits per heavy atom. The molecule has 0 atom stereocenters. The van der Waals surface area contributed by atoms with Gasteiger partial charge in [-0.1, -0.05) is 24.3 Å². The van der Waals surface area contributed by atoms with Crippen LogP contribution in [0, 0.1) is 5.82 Å². The number of nitrogens with zero attached hydrogens (tertiary/aromatic N) is 4. The molecule has 0 radical (unpaired) electrons. The average molecular weight is 405 g/mol. The standard InChI is InChI=1S/C22H20FN5O2/c23-16-5-1-3-14(9-16)10-24-21-18-13-30-8-7-19(18)26-22(27-21)28-20-6-2-4-15(12-29)17(20)11-25-28/h1-6,9,11,29H,7-8,10,12-13H2,(H,24,26,27). The molecule has 1 aliphatic rings. The van der Waals surface area contributed by atoms with Crippen LogP contribution in [-0.2, 0) is 30.9 Å². The van der Waals surface area contributed by atoms with Gasteiger partial charge in [0, 0.05) is 23.9 Å². The highest BCUT2D eigenvalue weighted by molar-refractivity contribution is 5.83. The summed E-state index contributed by atoms with van der Waals surface area (Å²) in [5.74, 6) is 0.828. The third-order valence-electron chi connectivity index (χ3n) is 5.22. The van der Waals surface area contributed by atoms with Crippen molar-refractivity contribution in [1.82, 2.24) is 19.7 Å². The Balaban J connectivity index is 1.56. The Morgan fingerprint density at radius 3 is 2.93 bits per heavy atom. The molecule has 30 heavy (non-hydrogen) atoms. The molecule has 0 spiro atoms. The summed E-state index contributed by atoms with van der Waals surface area (Å²) in [5, 5.41) is 18.2. The van der Waals surface area contributed by atoms with E-state index in [4.69, 9.17) is 14.7 Å². The molecule has 7 nitrogen and oxygen atoms in total. The first-order valence-electron chi connectivity index (χ1n) is 9.75.